The molecule has 2 heterocycles. The molecule has 19 nitrogen and oxygen atoms in total. The van der Waals surface area contributed by atoms with Gasteiger partial charge in [-0.05, 0) is 19.3 Å². The minimum atomic E-state index is -1.91. The zero-order chi connectivity index (χ0) is 46.1. The van der Waals surface area contributed by atoms with Gasteiger partial charge in [0.2, 0.25) is 17.5 Å². The highest BCUT2D eigenvalue weighted by atomic mass is 19.2. The van der Waals surface area contributed by atoms with Crippen molar-refractivity contribution in [3.8, 4) is 5.75 Å². The Morgan fingerprint density at radius 2 is 1.40 bits per heavy atom. The normalized spacial score (nSPS) is 21.6. The van der Waals surface area contributed by atoms with Gasteiger partial charge in [-0.3, -0.25) is 14.4 Å². The molecule has 0 aliphatic carbocycles. The van der Waals surface area contributed by atoms with Gasteiger partial charge in [0.05, 0.1) is 98.2 Å². The van der Waals surface area contributed by atoms with Crippen LogP contribution in [-0.2, 0) is 63.4 Å². The lowest BCUT2D eigenvalue weighted by Gasteiger charge is -2.43. The van der Waals surface area contributed by atoms with Crippen LogP contribution in [0.4, 0.5) is 17.6 Å². The third-order valence-corrected chi connectivity index (χ3v) is 9.49. The van der Waals surface area contributed by atoms with Crippen LogP contribution in [0, 0.1) is 29.2 Å². The van der Waals surface area contributed by atoms with Crippen molar-refractivity contribution in [2.75, 3.05) is 106 Å². The molecule has 23 heteroatoms. The number of halogens is 4. The average molecular weight is 917 g/mol. The van der Waals surface area contributed by atoms with Crippen molar-refractivity contribution in [3.05, 3.63) is 28.8 Å². The smallest absolute Gasteiger partial charge is 0.313 e. The number of aliphatic hydroxyl groups is 2. The molecule has 1 unspecified atom stereocenters. The van der Waals surface area contributed by atoms with E-state index < -0.39 is 95.6 Å². The summed E-state index contributed by atoms with van der Waals surface area (Å²) in [4.78, 5) is 36.2. The molecule has 3 rings (SSSR count). The summed E-state index contributed by atoms with van der Waals surface area (Å²) in [5.74, 6) is -10.8. The van der Waals surface area contributed by atoms with Gasteiger partial charge in [0, 0.05) is 38.2 Å². The maximum absolute atomic E-state index is 14.2. The lowest BCUT2D eigenvalue weighted by Crippen LogP contribution is -2.65. The number of nitrogens with zero attached hydrogens (tertiary/aromatic N) is 1. The first-order valence-corrected chi connectivity index (χ1v) is 21.1. The summed E-state index contributed by atoms with van der Waals surface area (Å²) in [7, 11) is 0. The van der Waals surface area contributed by atoms with Crippen molar-refractivity contribution in [1.29, 1.82) is 0 Å². The van der Waals surface area contributed by atoms with Crippen LogP contribution in [0.3, 0.4) is 0 Å². The summed E-state index contributed by atoms with van der Waals surface area (Å²) in [5, 5.41) is 25.1. The number of benzene rings is 1. The molecule has 0 aromatic heterocycles. The minimum Gasteiger partial charge on any atom is -0.457 e. The Morgan fingerprint density at radius 1 is 0.825 bits per heavy atom. The highest BCUT2D eigenvalue weighted by Crippen LogP contribution is 2.31. The highest BCUT2D eigenvalue weighted by Gasteiger charge is 2.48. The number of hydrogen-bond donors (Lipinski definition) is 5. The third kappa shape index (κ3) is 19.1. The molecule has 2 saturated heterocycles. The van der Waals surface area contributed by atoms with Crippen LogP contribution < -0.4 is 21.0 Å². The summed E-state index contributed by atoms with van der Waals surface area (Å²) in [5.41, 5.74) is 5.63. The molecule has 5 N–H and O–H groups in total. The standard InChI is InChI=1S/C40H64F4N4O15/c1-5-28-31(41)33(43)34(44)37(32(28)42)62-30(51)8-11-54-13-15-56-17-19-58-21-22-59-20-18-57-16-14-55-12-9-48-23-27(46-47-48)7-6-10-60-40-35(45-26(4)50)38(63-39(53)25(2)3)36(52)29(24-49)61-40/h25,27,29,35-36,38,40,46-47,49,52H,5-24H2,1-4H3,(H,45,50)/t27?,29-,35-,36+,38-,40-/m1/s1. The van der Waals surface area contributed by atoms with Crippen LogP contribution in [0.1, 0.15) is 52.5 Å². The highest BCUT2D eigenvalue weighted by molar-refractivity contribution is 5.74. The van der Waals surface area contributed by atoms with Gasteiger partial charge in [-0.1, -0.05) is 20.8 Å². The molecule has 6 atom stereocenters. The number of esters is 2. The largest absolute Gasteiger partial charge is 0.457 e. The predicted molar refractivity (Wildman–Crippen MR) is 212 cm³/mol. The first-order valence-electron chi connectivity index (χ1n) is 21.1. The van der Waals surface area contributed by atoms with Crippen LogP contribution in [0.25, 0.3) is 0 Å². The van der Waals surface area contributed by atoms with E-state index in [4.69, 9.17) is 42.6 Å². The predicted octanol–water partition coefficient (Wildman–Crippen LogP) is 0.841. The van der Waals surface area contributed by atoms with Crippen molar-refractivity contribution in [2.24, 2.45) is 5.92 Å². The third-order valence-electron chi connectivity index (χ3n) is 9.49. The Morgan fingerprint density at radius 3 is 1.94 bits per heavy atom. The fraction of sp³-hybridized carbons (Fsp3) is 0.775. The number of carbonyl (C=O) groups is 3. The molecule has 2 aliphatic heterocycles. The lowest BCUT2D eigenvalue weighted by molar-refractivity contribution is -0.274. The molecule has 0 radical (unpaired) electrons. The summed E-state index contributed by atoms with van der Waals surface area (Å²) in [6.45, 7) is 10.6. The van der Waals surface area contributed by atoms with Gasteiger partial charge < -0.3 is 62.9 Å². The summed E-state index contributed by atoms with van der Waals surface area (Å²) in [6.07, 6.45) is -3.94. The van der Waals surface area contributed by atoms with E-state index in [0.717, 1.165) is 13.0 Å². The first-order chi connectivity index (χ1) is 30.3. The van der Waals surface area contributed by atoms with Gasteiger partial charge in [0.25, 0.3) is 0 Å². The van der Waals surface area contributed by atoms with Crippen LogP contribution in [0.5, 0.6) is 5.75 Å². The number of amides is 1. The van der Waals surface area contributed by atoms with Gasteiger partial charge in [-0.15, -0.1) is 0 Å². The van der Waals surface area contributed by atoms with E-state index >= 15 is 0 Å². The average Bonchev–Trinajstić information content (AvgIpc) is 3.71. The molecule has 0 spiro atoms. The Labute approximate surface area is 364 Å². The van der Waals surface area contributed by atoms with Crippen molar-refractivity contribution in [1.82, 2.24) is 21.3 Å². The summed E-state index contributed by atoms with van der Waals surface area (Å²) in [6, 6.07) is -0.851. The molecule has 1 aromatic rings. The number of ether oxygens (including phenoxy) is 10. The van der Waals surface area contributed by atoms with E-state index in [-0.39, 0.29) is 51.9 Å². The fourth-order valence-electron chi connectivity index (χ4n) is 6.14. The first kappa shape index (κ1) is 54.2. The number of nitrogens with one attached hydrogen (secondary N) is 3. The second-order valence-electron chi connectivity index (χ2n) is 14.7. The molecule has 0 bridgehead atoms. The number of rotatable bonds is 32. The SMILES string of the molecule is CCc1c(F)c(F)c(F)c(OC(=O)CCOCCOCCOCCOCCOCCOCCN2CC(CCCO[C@@H]3O[C@H](CO)[C@H](O)[C@H](OC(=O)C(C)C)[C@H]3NC(C)=O)NN2)c1F. The zero-order valence-electron chi connectivity index (χ0n) is 36.3. The van der Waals surface area contributed by atoms with Gasteiger partial charge in [0.1, 0.15) is 18.2 Å². The monoisotopic (exact) mass is 916 g/mol. The Kier molecular flexibility index (Phi) is 25.9. The van der Waals surface area contributed by atoms with Crippen LogP contribution in [0.2, 0.25) is 0 Å². The number of hydrogen-bond acceptors (Lipinski definition) is 18. The van der Waals surface area contributed by atoms with Crippen LogP contribution in [-0.4, -0.2) is 175 Å². The maximum Gasteiger partial charge on any atom is 0.313 e. The van der Waals surface area contributed by atoms with Gasteiger partial charge in [-0.25, -0.2) is 23.6 Å². The van der Waals surface area contributed by atoms with E-state index in [1.807, 2.05) is 5.01 Å². The number of carbonyl (C=O) groups excluding carboxylic acids is 3. The van der Waals surface area contributed by atoms with Crippen molar-refractivity contribution in [3.63, 3.8) is 0 Å². The molecular weight excluding hydrogens is 852 g/mol. The van der Waals surface area contributed by atoms with E-state index in [1.54, 1.807) is 13.8 Å². The van der Waals surface area contributed by atoms with E-state index in [2.05, 4.69) is 21.0 Å². The summed E-state index contributed by atoms with van der Waals surface area (Å²) >= 11 is 0. The van der Waals surface area contributed by atoms with Gasteiger partial charge >= 0.3 is 11.9 Å². The quantitative estimate of drug-likeness (QED) is 0.0169. The lowest BCUT2D eigenvalue weighted by atomic mass is 9.96. The van der Waals surface area contributed by atoms with Crippen LogP contribution >= 0.6 is 0 Å². The van der Waals surface area contributed by atoms with Gasteiger partial charge in [0.15, 0.2) is 29.8 Å². The molecule has 1 aromatic carbocycles. The molecular formula is C40H64F4N4O15. The van der Waals surface area contributed by atoms with Gasteiger partial charge in [-0.2, -0.15) is 9.93 Å². The molecule has 0 saturated carbocycles. The zero-order valence-corrected chi connectivity index (χ0v) is 36.3. The second kappa shape index (κ2) is 30.1. The second-order valence-corrected chi connectivity index (χ2v) is 14.7. The Balaban J connectivity index is 1.10. The van der Waals surface area contributed by atoms with Crippen molar-refractivity contribution >= 4 is 17.8 Å². The summed E-state index contributed by atoms with van der Waals surface area (Å²) < 4.78 is 110. The maximum atomic E-state index is 14.2. The topological polar surface area (TPSA) is 223 Å². The van der Waals surface area contributed by atoms with Crippen molar-refractivity contribution < 1.29 is 89.5 Å². The minimum absolute atomic E-state index is 0.121. The molecule has 2 aliphatic rings. The molecule has 362 valence electrons. The van der Waals surface area contributed by atoms with Crippen LogP contribution in [0.15, 0.2) is 0 Å². The van der Waals surface area contributed by atoms with E-state index in [9.17, 15) is 42.2 Å². The Bertz CT molecular complexity index is 1520. The van der Waals surface area contributed by atoms with E-state index in [1.165, 1.54) is 13.8 Å². The number of aliphatic hydroxyl groups excluding tert-OH is 2. The van der Waals surface area contributed by atoms with Crippen molar-refractivity contribution in [2.45, 2.75) is 90.1 Å². The number of hydrazine groups is 2. The Hall–Kier alpha value is -3.17. The fourth-order valence-corrected chi connectivity index (χ4v) is 6.14. The molecule has 63 heavy (non-hydrogen) atoms. The molecule has 1 amide bonds. The van der Waals surface area contributed by atoms with E-state index in [0.29, 0.717) is 65.8 Å². The molecule has 2 fully saturated rings.